The van der Waals surface area contributed by atoms with Crippen molar-refractivity contribution in [3.8, 4) is 0 Å². The Kier molecular flexibility index (Phi) is 2.82. The average Bonchev–Trinajstić information content (AvgIpc) is 2.95. The van der Waals surface area contributed by atoms with Crippen molar-refractivity contribution in [2.75, 3.05) is 19.7 Å². The lowest BCUT2D eigenvalue weighted by Crippen LogP contribution is -2.55. The summed E-state index contributed by atoms with van der Waals surface area (Å²) in [6, 6.07) is 0.656. The van der Waals surface area contributed by atoms with Crippen LogP contribution in [-0.2, 0) is 0 Å². The molecule has 1 saturated heterocycles. The van der Waals surface area contributed by atoms with Gasteiger partial charge >= 0.3 is 0 Å². The van der Waals surface area contributed by atoms with Gasteiger partial charge in [0.15, 0.2) is 0 Å². The van der Waals surface area contributed by atoms with Gasteiger partial charge in [-0.2, -0.15) is 0 Å². The highest BCUT2D eigenvalue weighted by molar-refractivity contribution is 5.01. The Balaban J connectivity index is 1.93. The molecule has 0 bridgehead atoms. The molecule has 2 fully saturated rings. The summed E-state index contributed by atoms with van der Waals surface area (Å²) >= 11 is 0. The second-order valence-corrected chi connectivity index (χ2v) is 5.13. The molecule has 3 heteroatoms. The van der Waals surface area contributed by atoms with Crippen molar-refractivity contribution < 1.29 is 5.11 Å². The summed E-state index contributed by atoms with van der Waals surface area (Å²) in [4.78, 5) is 2.44. The maximum Gasteiger partial charge on any atom is 0.0626 e. The van der Waals surface area contributed by atoms with Crippen LogP contribution in [0.15, 0.2) is 0 Å². The molecule has 0 amide bonds. The Labute approximate surface area is 86.3 Å². The van der Waals surface area contributed by atoms with Gasteiger partial charge in [-0.05, 0) is 45.1 Å². The number of aliphatic hydroxyl groups excluding tert-OH is 1. The van der Waals surface area contributed by atoms with E-state index in [0.29, 0.717) is 12.0 Å². The average molecular weight is 198 g/mol. The molecule has 2 rings (SSSR count). The highest BCUT2D eigenvalue weighted by atomic mass is 16.3. The molecule has 1 aliphatic heterocycles. The van der Waals surface area contributed by atoms with Gasteiger partial charge in [-0.15, -0.1) is 0 Å². The maximum atomic E-state index is 9.39. The van der Waals surface area contributed by atoms with Crippen molar-refractivity contribution in [1.82, 2.24) is 4.90 Å². The van der Waals surface area contributed by atoms with Gasteiger partial charge in [0.25, 0.3) is 0 Å². The zero-order valence-corrected chi connectivity index (χ0v) is 9.08. The molecule has 0 radical (unpaired) electrons. The van der Waals surface area contributed by atoms with Crippen LogP contribution in [0.5, 0.6) is 0 Å². The Hall–Kier alpha value is -0.120. The molecule has 14 heavy (non-hydrogen) atoms. The van der Waals surface area contributed by atoms with E-state index in [1.54, 1.807) is 0 Å². The third kappa shape index (κ3) is 1.95. The normalized spacial score (nSPS) is 33.2. The van der Waals surface area contributed by atoms with E-state index >= 15 is 0 Å². The molecule has 2 atom stereocenters. The molecule has 0 spiro atoms. The Bertz CT molecular complexity index is 205. The first-order valence-corrected chi connectivity index (χ1v) is 5.79. The molecule has 1 saturated carbocycles. The minimum atomic E-state index is -0.321. The van der Waals surface area contributed by atoms with Crippen LogP contribution in [0.4, 0.5) is 0 Å². The Morgan fingerprint density at radius 3 is 2.57 bits per heavy atom. The fourth-order valence-electron chi connectivity index (χ4n) is 2.57. The van der Waals surface area contributed by atoms with Crippen LogP contribution >= 0.6 is 0 Å². The largest absolute Gasteiger partial charge is 0.394 e. The number of hydrogen-bond acceptors (Lipinski definition) is 3. The number of nitrogens with zero attached hydrogens (tertiary/aromatic N) is 1. The Morgan fingerprint density at radius 2 is 2.14 bits per heavy atom. The number of rotatable bonds is 4. The molecular formula is C11H22N2O. The van der Waals surface area contributed by atoms with Crippen molar-refractivity contribution in [1.29, 1.82) is 0 Å². The van der Waals surface area contributed by atoms with Gasteiger partial charge in [0.1, 0.15) is 0 Å². The monoisotopic (exact) mass is 198 g/mol. The number of hydrogen-bond donors (Lipinski definition) is 2. The molecule has 0 aromatic rings. The quantitative estimate of drug-likeness (QED) is 0.694. The van der Waals surface area contributed by atoms with Crippen LogP contribution in [0, 0.1) is 5.92 Å². The molecule has 3 N–H and O–H groups in total. The van der Waals surface area contributed by atoms with Crippen LogP contribution in [0.25, 0.3) is 0 Å². The highest BCUT2D eigenvalue weighted by Gasteiger charge is 2.43. The predicted molar refractivity (Wildman–Crippen MR) is 57.0 cm³/mol. The van der Waals surface area contributed by atoms with Crippen LogP contribution in [0.3, 0.4) is 0 Å². The van der Waals surface area contributed by atoms with Crippen LogP contribution in [0.1, 0.15) is 32.6 Å². The second kappa shape index (κ2) is 3.80. The lowest BCUT2D eigenvalue weighted by atomic mass is 9.94. The smallest absolute Gasteiger partial charge is 0.0626 e. The summed E-state index contributed by atoms with van der Waals surface area (Å²) in [5, 5.41) is 9.39. The summed E-state index contributed by atoms with van der Waals surface area (Å²) in [7, 11) is 0. The molecular weight excluding hydrogens is 176 g/mol. The van der Waals surface area contributed by atoms with E-state index in [1.807, 2.05) is 0 Å². The van der Waals surface area contributed by atoms with Gasteiger partial charge in [-0.1, -0.05) is 0 Å². The van der Waals surface area contributed by atoms with Crippen molar-refractivity contribution in [3.63, 3.8) is 0 Å². The van der Waals surface area contributed by atoms with E-state index in [0.717, 1.165) is 13.1 Å². The molecule has 0 aromatic heterocycles. The summed E-state index contributed by atoms with van der Waals surface area (Å²) in [6.07, 6.45) is 4.98. The number of aliphatic hydroxyl groups is 1. The van der Waals surface area contributed by atoms with Crippen molar-refractivity contribution in [2.45, 2.75) is 44.2 Å². The topological polar surface area (TPSA) is 49.5 Å². The van der Waals surface area contributed by atoms with Crippen molar-refractivity contribution in [2.24, 2.45) is 11.7 Å². The maximum absolute atomic E-state index is 9.39. The second-order valence-electron chi connectivity index (χ2n) is 5.13. The first-order valence-electron chi connectivity index (χ1n) is 5.79. The van der Waals surface area contributed by atoms with E-state index in [1.165, 1.54) is 25.7 Å². The summed E-state index contributed by atoms with van der Waals surface area (Å²) in [5.41, 5.74) is 5.93. The van der Waals surface area contributed by atoms with E-state index in [4.69, 9.17) is 5.73 Å². The van der Waals surface area contributed by atoms with E-state index < -0.39 is 0 Å². The molecule has 1 aliphatic carbocycles. The third-order valence-corrected chi connectivity index (χ3v) is 3.87. The van der Waals surface area contributed by atoms with Gasteiger partial charge < -0.3 is 10.8 Å². The number of nitrogens with two attached hydrogens (primary N) is 1. The minimum Gasteiger partial charge on any atom is -0.394 e. The molecule has 2 aliphatic rings. The van der Waals surface area contributed by atoms with Crippen molar-refractivity contribution >= 4 is 0 Å². The first-order chi connectivity index (χ1) is 6.65. The Morgan fingerprint density at radius 1 is 1.43 bits per heavy atom. The molecule has 0 aromatic carbocycles. The van der Waals surface area contributed by atoms with Gasteiger partial charge in [0, 0.05) is 12.6 Å². The van der Waals surface area contributed by atoms with Crippen LogP contribution in [0.2, 0.25) is 0 Å². The van der Waals surface area contributed by atoms with Gasteiger partial charge in [-0.25, -0.2) is 0 Å². The lowest BCUT2D eigenvalue weighted by Gasteiger charge is -2.34. The summed E-state index contributed by atoms with van der Waals surface area (Å²) in [5.74, 6) is 0.570. The van der Waals surface area contributed by atoms with Gasteiger partial charge in [0.2, 0.25) is 0 Å². The van der Waals surface area contributed by atoms with Crippen LogP contribution in [-0.4, -0.2) is 41.3 Å². The highest BCUT2D eigenvalue weighted by Crippen LogP contribution is 2.39. The predicted octanol–water partition coefficient (Wildman–Crippen LogP) is 0.571. The van der Waals surface area contributed by atoms with E-state index in [9.17, 15) is 5.11 Å². The first kappa shape index (κ1) is 10.4. The zero-order chi connectivity index (χ0) is 10.2. The number of likely N-dealkylation sites (tertiary alicyclic amines) is 1. The SMILES string of the molecule is CC1CCCN1CC(N)(CO)C1CC1. The standard InChI is InChI=1S/C11H22N2O/c1-9-3-2-6-13(9)7-11(12,8-14)10-4-5-10/h9-10,14H,2-8,12H2,1H3. The summed E-state index contributed by atoms with van der Waals surface area (Å²) < 4.78 is 0. The van der Waals surface area contributed by atoms with E-state index in [2.05, 4.69) is 11.8 Å². The fourth-order valence-corrected chi connectivity index (χ4v) is 2.57. The third-order valence-electron chi connectivity index (χ3n) is 3.87. The molecule has 2 unspecified atom stereocenters. The summed E-state index contributed by atoms with van der Waals surface area (Å²) in [6.45, 7) is 4.45. The lowest BCUT2D eigenvalue weighted by molar-refractivity contribution is 0.118. The minimum absolute atomic E-state index is 0.140. The molecule has 3 nitrogen and oxygen atoms in total. The van der Waals surface area contributed by atoms with Gasteiger partial charge in [-0.3, -0.25) is 4.90 Å². The molecule has 82 valence electrons. The van der Waals surface area contributed by atoms with Crippen LogP contribution < -0.4 is 5.73 Å². The van der Waals surface area contributed by atoms with Gasteiger partial charge in [0.05, 0.1) is 12.1 Å². The van der Waals surface area contributed by atoms with Crippen molar-refractivity contribution in [3.05, 3.63) is 0 Å². The molecule has 1 heterocycles. The van der Waals surface area contributed by atoms with E-state index in [-0.39, 0.29) is 12.1 Å². The zero-order valence-electron chi connectivity index (χ0n) is 9.08. The fraction of sp³-hybridized carbons (Fsp3) is 1.00.